The number of rotatable bonds is 5. The van der Waals surface area contributed by atoms with Gasteiger partial charge in [-0.15, -0.1) is 0 Å². The molecular weight excluding hydrogens is 805 g/mol. The number of hydrogen-bond donors (Lipinski definition) is 0. The Balaban J connectivity index is 1.08. The van der Waals surface area contributed by atoms with Crippen LogP contribution in [0.3, 0.4) is 0 Å². The minimum atomic E-state index is 0.574. The Morgan fingerprint density at radius 1 is 0.318 bits per heavy atom. The van der Waals surface area contributed by atoms with Crippen LogP contribution in [-0.2, 0) is 0 Å². The Hall–Kier alpha value is -8.93. The van der Waals surface area contributed by atoms with Crippen LogP contribution in [0.1, 0.15) is 0 Å². The molecule has 306 valence electrons. The Morgan fingerprint density at radius 2 is 0.909 bits per heavy atom. The molecule has 0 atom stereocenters. The smallest absolute Gasteiger partial charge is 0.164 e. The molecule has 0 saturated carbocycles. The summed E-state index contributed by atoms with van der Waals surface area (Å²) in [7, 11) is 0. The third kappa shape index (κ3) is 5.63. The summed E-state index contributed by atoms with van der Waals surface area (Å²) >= 11 is 0. The lowest BCUT2D eigenvalue weighted by Crippen LogP contribution is -2.02. The third-order valence-electron chi connectivity index (χ3n) is 13.4. The normalized spacial score (nSPS) is 11.9. The van der Waals surface area contributed by atoms with Gasteiger partial charge >= 0.3 is 0 Å². The third-order valence-corrected chi connectivity index (χ3v) is 13.4. The van der Waals surface area contributed by atoms with Crippen LogP contribution >= 0.6 is 0 Å². The second-order valence-electron chi connectivity index (χ2n) is 17.1. The first-order valence-electron chi connectivity index (χ1n) is 22.3. The fraction of sp³-hybridized carbons (Fsp3) is 0. The first-order valence-corrected chi connectivity index (χ1v) is 22.3. The lowest BCUT2D eigenvalue weighted by molar-refractivity contribution is 0.666. The van der Waals surface area contributed by atoms with Crippen molar-refractivity contribution in [2.45, 2.75) is 0 Å². The Labute approximate surface area is 378 Å². The number of aromatic nitrogens is 4. The molecule has 0 aliphatic rings. The summed E-state index contributed by atoms with van der Waals surface area (Å²) in [6.45, 7) is 0. The van der Waals surface area contributed by atoms with Crippen molar-refractivity contribution < 1.29 is 4.42 Å². The minimum Gasteiger partial charge on any atom is -0.454 e. The number of benzene rings is 11. The maximum atomic E-state index is 6.92. The molecule has 0 radical (unpaired) electrons. The molecule has 0 aliphatic carbocycles. The molecular formula is C61H36N4O. The van der Waals surface area contributed by atoms with Crippen LogP contribution < -0.4 is 0 Å². The molecule has 5 nitrogen and oxygen atoms in total. The van der Waals surface area contributed by atoms with Gasteiger partial charge in [-0.1, -0.05) is 176 Å². The summed E-state index contributed by atoms with van der Waals surface area (Å²) < 4.78 is 9.31. The Bertz CT molecular complexity index is 4280. The van der Waals surface area contributed by atoms with Gasteiger partial charge in [0.05, 0.1) is 16.7 Å². The maximum absolute atomic E-state index is 6.92. The highest BCUT2D eigenvalue weighted by molar-refractivity contribution is 6.24. The van der Waals surface area contributed by atoms with E-state index in [4.69, 9.17) is 19.4 Å². The highest BCUT2D eigenvalue weighted by atomic mass is 16.3. The predicted molar refractivity (Wildman–Crippen MR) is 273 cm³/mol. The first-order chi connectivity index (χ1) is 32.7. The number of furan rings is 1. The van der Waals surface area contributed by atoms with Gasteiger partial charge in [-0.3, -0.25) is 0 Å². The maximum Gasteiger partial charge on any atom is 0.164 e. The molecule has 14 rings (SSSR count). The van der Waals surface area contributed by atoms with Crippen LogP contribution in [0.2, 0.25) is 0 Å². The summed E-state index contributed by atoms with van der Waals surface area (Å²) in [5.41, 5.74) is 9.71. The summed E-state index contributed by atoms with van der Waals surface area (Å²) in [6, 6.07) is 77.5. The largest absolute Gasteiger partial charge is 0.454 e. The fourth-order valence-corrected chi connectivity index (χ4v) is 10.3. The molecule has 66 heavy (non-hydrogen) atoms. The van der Waals surface area contributed by atoms with E-state index in [0.29, 0.717) is 17.5 Å². The molecule has 11 aromatic carbocycles. The first kappa shape index (κ1) is 36.5. The van der Waals surface area contributed by atoms with E-state index in [1.807, 2.05) is 12.1 Å². The van der Waals surface area contributed by atoms with E-state index in [-0.39, 0.29) is 0 Å². The predicted octanol–water partition coefficient (Wildman–Crippen LogP) is 16.1. The van der Waals surface area contributed by atoms with E-state index in [1.54, 1.807) is 0 Å². The van der Waals surface area contributed by atoms with E-state index < -0.39 is 0 Å². The quantitative estimate of drug-likeness (QED) is 0.162. The van der Waals surface area contributed by atoms with Crippen LogP contribution in [0.15, 0.2) is 223 Å². The van der Waals surface area contributed by atoms with Crippen molar-refractivity contribution in [3.63, 3.8) is 0 Å². The van der Waals surface area contributed by atoms with Crippen molar-refractivity contribution in [1.29, 1.82) is 0 Å². The van der Waals surface area contributed by atoms with Crippen LogP contribution in [0, 0.1) is 0 Å². The zero-order chi connectivity index (χ0) is 43.3. The fourth-order valence-electron chi connectivity index (χ4n) is 10.3. The van der Waals surface area contributed by atoms with Crippen molar-refractivity contribution in [2.24, 2.45) is 0 Å². The summed E-state index contributed by atoms with van der Waals surface area (Å²) in [5, 5.41) is 13.7. The van der Waals surface area contributed by atoms with Gasteiger partial charge in [0, 0.05) is 38.2 Å². The zero-order valence-corrected chi connectivity index (χ0v) is 35.5. The number of hydrogen-bond acceptors (Lipinski definition) is 4. The van der Waals surface area contributed by atoms with Crippen molar-refractivity contribution in [1.82, 2.24) is 19.5 Å². The van der Waals surface area contributed by atoms with Gasteiger partial charge in [0.25, 0.3) is 0 Å². The molecule has 0 aliphatic heterocycles. The van der Waals surface area contributed by atoms with Gasteiger partial charge in [-0.05, 0) is 96.7 Å². The van der Waals surface area contributed by atoms with Crippen LogP contribution in [0.25, 0.3) is 138 Å². The molecule has 3 heterocycles. The van der Waals surface area contributed by atoms with E-state index in [1.165, 1.54) is 37.7 Å². The lowest BCUT2D eigenvalue weighted by Gasteiger charge is -2.14. The average molecular weight is 841 g/mol. The highest BCUT2D eigenvalue weighted by Gasteiger charge is 2.23. The molecule has 0 N–H and O–H groups in total. The van der Waals surface area contributed by atoms with E-state index in [0.717, 1.165) is 82.6 Å². The topological polar surface area (TPSA) is 56.7 Å². The molecule has 0 bridgehead atoms. The second kappa shape index (κ2) is 14.3. The van der Waals surface area contributed by atoms with Gasteiger partial charge in [-0.25, -0.2) is 15.0 Å². The molecule has 5 heteroatoms. The molecule has 14 aromatic rings. The molecule has 0 unspecified atom stereocenters. The second-order valence-corrected chi connectivity index (χ2v) is 17.1. The van der Waals surface area contributed by atoms with E-state index in [2.05, 4.69) is 211 Å². The molecule has 0 fully saturated rings. The standard InChI is InChI=1S/C61H36N4O/c1-2-14-37(15-3-1)38-26-28-40(29-27-38)59-62-60(64-61(63-59)51-33-43-19-7-8-20-45(43)47-22-10-11-23-48(47)51)44-34-50-49-24-12-13-25-56(49)66-58(50)55(36-44)65-53-31-30-39-16-6-9-21-46(39)57(53)52-32-41-17-4-5-18-42(41)35-54(52)65/h1-36H. The molecule has 3 aromatic heterocycles. The monoisotopic (exact) mass is 840 g/mol. The van der Waals surface area contributed by atoms with Gasteiger partial charge < -0.3 is 8.98 Å². The summed E-state index contributed by atoms with van der Waals surface area (Å²) in [6.07, 6.45) is 0. The van der Waals surface area contributed by atoms with Crippen LogP contribution in [0.4, 0.5) is 0 Å². The van der Waals surface area contributed by atoms with Crippen LogP contribution in [0.5, 0.6) is 0 Å². The highest BCUT2D eigenvalue weighted by Crippen LogP contribution is 2.44. The Morgan fingerprint density at radius 3 is 1.71 bits per heavy atom. The minimum absolute atomic E-state index is 0.574. The average Bonchev–Trinajstić information content (AvgIpc) is 3.93. The van der Waals surface area contributed by atoms with Gasteiger partial charge in [0.15, 0.2) is 23.1 Å². The number of fused-ring (bicyclic) bond motifs is 12. The van der Waals surface area contributed by atoms with Gasteiger partial charge in [0.1, 0.15) is 5.58 Å². The van der Waals surface area contributed by atoms with Gasteiger partial charge in [0.2, 0.25) is 0 Å². The molecule has 0 amide bonds. The van der Waals surface area contributed by atoms with E-state index in [9.17, 15) is 0 Å². The Kier molecular flexibility index (Phi) is 7.91. The summed E-state index contributed by atoms with van der Waals surface area (Å²) in [4.78, 5) is 16.2. The SMILES string of the molecule is c1ccc(-c2ccc(-c3nc(-c4cc(-n5c6cc7ccccc7cc6c6c7ccccc7ccc65)c5oc6ccccc6c5c4)nc(-c4cc5ccccc5c5ccccc45)n3)cc2)cc1. The van der Waals surface area contributed by atoms with Gasteiger partial charge in [-0.2, -0.15) is 0 Å². The van der Waals surface area contributed by atoms with Crippen molar-refractivity contribution >= 4 is 86.8 Å². The number of nitrogens with zero attached hydrogens (tertiary/aromatic N) is 4. The van der Waals surface area contributed by atoms with E-state index >= 15 is 0 Å². The van der Waals surface area contributed by atoms with Crippen LogP contribution in [-0.4, -0.2) is 19.5 Å². The zero-order valence-electron chi connectivity index (χ0n) is 35.5. The van der Waals surface area contributed by atoms with Crippen molar-refractivity contribution in [2.75, 3.05) is 0 Å². The summed E-state index contributed by atoms with van der Waals surface area (Å²) in [5.74, 6) is 1.78. The molecule has 0 saturated heterocycles. The lowest BCUT2D eigenvalue weighted by atomic mass is 9.96. The van der Waals surface area contributed by atoms with Crippen molar-refractivity contribution in [3.05, 3.63) is 218 Å². The molecule has 0 spiro atoms. The van der Waals surface area contributed by atoms with Crippen molar-refractivity contribution in [3.8, 4) is 51.0 Å². The number of para-hydroxylation sites is 1.